The first kappa shape index (κ1) is 26.5. The molecule has 0 saturated carbocycles. The molecule has 3 atom stereocenters. The molecule has 0 aromatic carbocycles. The Balaban J connectivity index is 2.22. The van der Waals surface area contributed by atoms with Crippen LogP contribution in [0.2, 0.25) is 36.3 Å². The number of aromatic nitrogens is 1. The second-order valence-electron chi connectivity index (χ2n) is 12.2. The van der Waals surface area contributed by atoms with Gasteiger partial charge in [0.25, 0.3) is 0 Å². The fourth-order valence-corrected chi connectivity index (χ4v) is 5.49. The van der Waals surface area contributed by atoms with E-state index in [1.165, 1.54) is 0 Å². The van der Waals surface area contributed by atoms with Crippen LogP contribution in [0.15, 0.2) is 18.3 Å². The van der Waals surface area contributed by atoms with E-state index >= 15 is 0 Å². The number of pyridine rings is 1. The summed E-state index contributed by atoms with van der Waals surface area (Å²) in [6.07, 6.45) is 2.78. The van der Waals surface area contributed by atoms with E-state index in [0.29, 0.717) is 6.61 Å². The summed E-state index contributed by atoms with van der Waals surface area (Å²) >= 11 is 0. The zero-order chi connectivity index (χ0) is 23.8. The van der Waals surface area contributed by atoms with Crippen LogP contribution in [0, 0.1) is 0 Å². The number of ether oxygens (including phenoxy) is 1. The molecule has 0 radical (unpaired) electrons. The molecular weight excluding hydrogens is 420 g/mol. The molecular formula is C24H46N2O3Si2. The van der Waals surface area contributed by atoms with Crippen LogP contribution < -0.4 is 4.90 Å². The minimum absolute atomic E-state index is 0.00787. The Kier molecular flexibility index (Phi) is 7.91. The molecule has 5 nitrogen and oxygen atoms in total. The van der Waals surface area contributed by atoms with Crippen LogP contribution in [0.25, 0.3) is 0 Å². The van der Waals surface area contributed by atoms with Gasteiger partial charge in [0.05, 0.1) is 18.8 Å². The maximum atomic E-state index is 6.86. The van der Waals surface area contributed by atoms with Crippen LogP contribution in [-0.2, 0) is 13.6 Å². The highest BCUT2D eigenvalue weighted by atomic mass is 28.4. The van der Waals surface area contributed by atoms with E-state index < -0.39 is 16.6 Å². The van der Waals surface area contributed by atoms with Gasteiger partial charge in [-0.1, -0.05) is 47.6 Å². The van der Waals surface area contributed by atoms with Crippen molar-refractivity contribution in [2.45, 2.75) is 103 Å². The molecule has 0 unspecified atom stereocenters. The van der Waals surface area contributed by atoms with Crippen LogP contribution in [0.4, 0.5) is 5.82 Å². The first-order valence-electron chi connectivity index (χ1n) is 11.5. The normalized spacial score (nSPS) is 23.3. The van der Waals surface area contributed by atoms with Crippen molar-refractivity contribution in [1.82, 2.24) is 4.98 Å². The van der Waals surface area contributed by atoms with Gasteiger partial charge >= 0.3 is 0 Å². The van der Waals surface area contributed by atoms with E-state index in [1.807, 2.05) is 25.2 Å². The van der Waals surface area contributed by atoms with Gasteiger partial charge in [-0.25, -0.2) is 4.98 Å². The largest absolute Gasteiger partial charge is 0.414 e. The Morgan fingerprint density at radius 2 is 1.58 bits per heavy atom. The van der Waals surface area contributed by atoms with Gasteiger partial charge in [0, 0.05) is 26.7 Å². The molecule has 0 amide bonds. The zero-order valence-electron chi connectivity index (χ0n) is 22.0. The quantitative estimate of drug-likeness (QED) is 0.436. The van der Waals surface area contributed by atoms with Crippen LogP contribution in [-0.4, -0.2) is 54.5 Å². The van der Waals surface area contributed by atoms with Crippen molar-refractivity contribution < 1.29 is 13.6 Å². The average Bonchev–Trinajstić information content (AvgIpc) is 3.00. The molecule has 31 heavy (non-hydrogen) atoms. The van der Waals surface area contributed by atoms with Gasteiger partial charge in [0.15, 0.2) is 16.6 Å². The maximum absolute atomic E-state index is 6.86. The van der Waals surface area contributed by atoms with Gasteiger partial charge in [-0.15, -0.1) is 0 Å². The highest BCUT2D eigenvalue weighted by molar-refractivity contribution is 6.74. The summed E-state index contributed by atoms with van der Waals surface area (Å²) in [6.45, 7) is 23.5. The summed E-state index contributed by atoms with van der Waals surface area (Å²) in [5.41, 5.74) is 1.12. The first-order chi connectivity index (χ1) is 13.9. The van der Waals surface area contributed by atoms with Crippen molar-refractivity contribution >= 4 is 22.5 Å². The molecule has 178 valence electrons. The molecule has 0 N–H and O–H groups in total. The minimum Gasteiger partial charge on any atom is -0.414 e. The molecule has 0 spiro atoms. The third kappa shape index (κ3) is 6.41. The lowest BCUT2D eigenvalue weighted by Crippen LogP contribution is -2.48. The van der Waals surface area contributed by atoms with Crippen LogP contribution in [0.1, 0.15) is 59.6 Å². The summed E-state index contributed by atoms with van der Waals surface area (Å²) in [6, 6.07) is 4.19. The fourth-order valence-electron chi connectivity index (χ4n) is 3.12. The fraction of sp³-hybridized carbons (Fsp3) is 0.792. The smallest absolute Gasteiger partial charge is 0.192 e. The summed E-state index contributed by atoms with van der Waals surface area (Å²) in [5.74, 6) is 0.952. The Morgan fingerprint density at radius 3 is 2.03 bits per heavy atom. The molecule has 0 bridgehead atoms. The van der Waals surface area contributed by atoms with Crippen LogP contribution in [0.5, 0.6) is 0 Å². The number of anilines is 1. The number of nitrogens with zero attached hydrogens (tertiary/aromatic N) is 2. The molecule has 1 aromatic heterocycles. The van der Waals surface area contributed by atoms with Crippen LogP contribution in [0.3, 0.4) is 0 Å². The standard InChI is InChI=1S/C24H46N2O3Si2/c1-23(2,3)30(9,10)27-17-21-20(29-31(11,12)24(4,5)6)15-19(28-21)18-13-14-22(25-16-18)26(7)8/h13-14,16,19-21H,15,17H2,1-12H3/t19-,20+,21-/m1/s1. The van der Waals surface area contributed by atoms with Gasteiger partial charge in [-0.05, 0) is 47.9 Å². The average molecular weight is 467 g/mol. The second kappa shape index (κ2) is 9.25. The third-order valence-electron chi connectivity index (χ3n) is 7.47. The molecule has 0 aliphatic carbocycles. The lowest BCUT2D eigenvalue weighted by atomic mass is 10.1. The van der Waals surface area contributed by atoms with E-state index in [0.717, 1.165) is 17.8 Å². The van der Waals surface area contributed by atoms with Gasteiger partial charge in [-0.3, -0.25) is 0 Å². The zero-order valence-corrected chi connectivity index (χ0v) is 24.0. The van der Waals surface area contributed by atoms with Crippen molar-refractivity contribution in [1.29, 1.82) is 0 Å². The van der Waals surface area contributed by atoms with Crippen molar-refractivity contribution in [2.24, 2.45) is 0 Å². The molecule has 1 fully saturated rings. The van der Waals surface area contributed by atoms with E-state index in [9.17, 15) is 0 Å². The summed E-state index contributed by atoms with van der Waals surface area (Å²) in [4.78, 5) is 6.61. The van der Waals surface area contributed by atoms with Gasteiger partial charge in [0.2, 0.25) is 0 Å². The number of rotatable bonds is 7. The Bertz CT molecular complexity index is 722. The summed E-state index contributed by atoms with van der Waals surface area (Å²) in [7, 11) is 0.226. The number of hydrogen-bond donors (Lipinski definition) is 0. The third-order valence-corrected chi connectivity index (χ3v) is 16.5. The second-order valence-corrected chi connectivity index (χ2v) is 21.8. The predicted molar refractivity (Wildman–Crippen MR) is 136 cm³/mol. The predicted octanol–water partition coefficient (Wildman–Crippen LogP) is 6.39. The molecule has 1 saturated heterocycles. The van der Waals surface area contributed by atoms with E-state index in [2.05, 4.69) is 84.8 Å². The lowest BCUT2D eigenvalue weighted by Gasteiger charge is -2.40. The monoisotopic (exact) mass is 466 g/mol. The van der Waals surface area contributed by atoms with E-state index in [-0.39, 0.29) is 28.4 Å². The molecule has 1 aromatic rings. The van der Waals surface area contributed by atoms with E-state index in [1.54, 1.807) is 0 Å². The van der Waals surface area contributed by atoms with Gasteiger partial charge in [0.1, 0.15) is 11.9 Å². The minimum atomic E-state index is -1.92. The highest BCUT2D eigenvalue weighted by Crippen LogP contribution is 2.43. The maximum Gasteiger partial charge on any atom is 0.192 e. The van der Waals surface area contributed by atoms with Crippen LogP contribution >= 0.6 is 0 Å². The highest BCUT2D eigenvalue weighted by Gasteiger charge is 2.46. The first-order valence-corrected chi connectivity index (χ1v) is 17.4. The van der Waals surface area contributed by atoms with Crippen molar-refractivity contribution in [3.63, 3.8) is 0 Å². The van der Waals surface area contributed by atoms with Gasteiger partial charge in [-0.2, -0.15) is 0 Å². The van der Waals surface area contributed by atoms with E-state index in [4.69, 9.17) is 13.6 Å². The van der Waals surface area contributed by atoms with Crippen molar-refractivity contribution in [3.05, 3.63) is 23.9 Å². The molecule has 2 rings (SSSR count). The van der Waals surface area contributed by atoms with Crippen molar-refractivity contribution in [3.8, 4) is 0 Å². The SMILES string of the molecule is CN(C)c1ccc([C@H]2C[C@H](O[Si](C)(C)C(C)(C)C)[C@@H](CO[Si](C)(C)C(C)(C)C)O2)cn1. The Labute approximate surface area is 193 Å². The molecule has 7 heteroatoms. The molecule has 1 aliphatic heterocycles. The molecule has 2 heterocycles. The van der Waals surface area contributed by atoms with Gasteiger partial charge < -0.3 is 18.5 Å². The Morgan fingerprint density at radius 1 is 1.00 bits per heavy atom. The Hall–Kier alpha value is -0.736. The summed E-state index contributed by atoms with van der Waals surface area (Å²) in [5, 5.41) is 0.331. The molecule has 1 aliphatic rings. The topological polar surface area (TPSA) is 43.8 Å². The lowest BCUT2D eigenvalue weighted by molar-refractivity contribution is -0.0165. The number of hydrogen-bond acceptors (Lipinski definition) is 5. The van der Waals surface area contributed by atoms with Crippen molar-refractivity contribution in [2.75, 3.05) is 25.6 Å². The summed E-state index contributed by atoms with van der Waals surface area (Å²) < 4.78 is 20.0.